The fourth-order valence-electron chi connectivity index (χ4n) is 2.66. The minimum atomic E-state index is 0.00128. The van der Waals surface area contributed by atoms with E-state index >= 15 is 0 Å². The van der Waals surface area contributed by atoms with Gasteiger partial charge in [-0.1, -0.05) is 0 Å². The highest BCUT2D eigenvalue weighted by molar-refractivity contribution is 5.62. The van der Waals surface area contributed by atoms with Crippen LogP contribution in [0.4, 0.5) is 0 Å². The molecule has 4 nitrogen and oxygen atoms in total. The van der Waals surface area contributed by atoms with Gasteiger partial charge in [0.1, 0.15) is 5.75 Å². The van der Waals surface area contributed by atoms with E-state index in [4.69, 9.17) is 10.5 Å². The molecule has 118 valence electrons. The molecule has 0 amide bonds. The van der Waals surface area contributed by atoms with E-state index in [0.717, 1.165) is 22.6 Å². The number of pyridine rings is 1. The van der Waals surface area contributed by atoms with Gasteiger partial charge in [-0.2, -0.15) is 0 Å². The third kappa shape index (κ3) is 3.07. The lowest BCUT2D eigenvalue weighted by molar-refractivity contribution is 0.340. The fraction of sp³-hybridized carbons (Fsp3) is 0.389. The number of aromatic nitrogens is 1. The average Bonchev–Trinajstić information content (AvgIpc) is 2.47. The molecule has 0 radical (unpaired) electrons. The maximum atomic E-state index is 12.7. The highest BCUT2D eigenvalue weighted by Gasteiger charge is 2.15. The molecule has 0 bridgehead atoms. The van der Waals surface area contributed by atoms with E-state index in [2.05, 4.69) is 0 Å². The minimum Gasteiger partial charge on any atom is -0.494 e. The van der Waals surface area contributed by atoms with E-state index in [1.165, 1.54) is 0 Å². The average molecular weight is 300 g/mol. The summed E-state index contributed by atoms with van der Waals surface area (Å²) in [5.74, 6) is 0.833. The van der Waals surface area contributed by atoms with Crippen molar-refractivity contribution in [1.82, 2.24) is 4.57 Å². The number of benzene rings is 1. The summed E-state index contributed by atoms with van der Waals surface area (Å²) in [5.41, 5.74) is 9.27. The van der Waals surface area contributed by atoms with Crippen molar-refractivity contribution < 1.29 is 4.74 Å². The predicted octanol–water partition coefficient (Wildman–Crippen LogP) is 3.26. The Bertz CT molecular complexity index is 700. The van der Waals surface area contributed by atoms with Crippen LogP contribution in [0, 0.1) is 6.92 Å². The molecule has 1 aromatic carbocycles. The molecule has 22 heavy (non-hydrogen) atoms. The second kappa shape index (κ2) is 6.79. The number of hydrogen-bond donors (Lipinski definition) is 1. The van der Waals surface area contributed by atoms with E-state index in [1.54, 1.807) is 0 Å². The van der Waals surface area contributed by atoms with Gasteiger partial charge in [0.25, 0.3) is 5.56 Å². The molecule has 0 saturated heterocycles. The summed E-state index contributed by atoms with van der Waals surface area (Å²) in [5, 5.41) is 0. The summed E-state index contributed by atoms with van der Waals surface area (Å²) in [6, 6.07) is 9.94. The number of ether oxygens (including phenoxy) is 1. The zero-order chi connectivity index (χ0) is 16.3. The van der Waals surface area contributed by atoms with Crippen molar-refractivity contribution in [2.24, 2.45) is 5.73 Å². The summed E-state index contributed by atoms with van der Waals surface area (Å²) >= 11 is 0. The second-order valence-corrected chi connectivity index (χ2v) is 5.62. The Labute approximate surface area is 131 Å². The molecule has 2 aromatic rings. The van der Waals surface area contributed by atoms with Crippen LogP contribution in [0.2, 0.25) is 0 Å². The van der Waals surface area contributed by atoms with Gasteiger partial charge in [-0.3, -0.25) is 4.79 Å². The van der Waals surface area contributed by atoms with Gasteiger partial charge in [0.2, 0.25) is 0 Å². The number of hydrogen-bond acceptors (Lipinski definition) is 3. The van der Waals surface area contributed by atoms with E-state index in [0.29, 0.717) is 12.2 Å². The fourth-order valence-corrected chi connectivity index (χ4v) is 2.66. The van der Waals surface area contributed by atoms with Crippen molar-refractivity contribution in [3.05, 3.63) is 51.8 Å². The van der Waals surface area contributed by atoms with Gasteiger partial charge in [0.05, 0.1) is 12.3 Å². The Morgan fingerprint density at radius 3 is 2.36 bits per heavy atom. The number of rotatable bonds is 5. The van der Waals surface area contributed by atoms with Gasteiger partial charge in [-0.05, 0) is 69.2 Å². The topological polar surface area (TPSA) is 57.2 Å². The van der Waals surface area contributed by atoms with Gasteiger partial charge in [-0.25, -0.2) is 0 Å². The Morgan fingerprint density at radius 2 is 1.86 bits per heavy atom. The van der Waals surface area contributed by atoms with Crippen LogP contribution >= 0.6 is 0 Å². The normalized spacial score (nSPS) is 11.0. The van der Waals surface area contributed by atoms with Crippen LogP contribution in [0.5, 0.6) is 5.75 Å². The first-order valence-corrected chi connectivity index (χ1v) is 7.67. The molecule has 1 aromatic heterocycles. The molecule has 0 atom stereocenters. The van der Waals surface area contributed by atoms with E-state index < -0.39 is 0 Å². The molecular formula is C18H24N2O2. The summed E-state index contributed by atoms with van der Waals surface area (Å²) in [6.07, 6.45) is 0. The third-order valence-electron chi connectivity index (χ3n) is 3.75. The summed E-state index contributed by atoms with van der Waals surface area (Å²) in [4.78, 5) is 12.7. The Balaban J connectivity index is 2.61. The Morgan fingerprint density at radius 1 is 1.23 bits per heavy atom. The predicted molar refractivity (Wildman–Crippen MR) is 90.3 cm³/mol. The van der Waals surface area contributed by atoms with E-state index in [9.17, 15) is 4.79 Å². The lowest BCUT2D eigenvalue weighted by Gasteiger charge is -2.19. The second-order valence-electron chi connectivity index (χ2n) is 5.62. The number of aryl methyl sites for hydroxylation is 1. The molecule has 0 aliphatic rings. The lowest BCUT2D eigenvalue weighted by atomic mass is 10.0. The highest BCUT2D eigenvalue weighted by Crippen LogP contribution is 2.25. The molecule has 2 N–H and O–H groups in total. The lowest BCUT2D eigenvalue weighted by Crippen LogP contribution is -2.29. The number of nitrogens with two attached hydrogens (primary N) is 1. The van der Waals surface area contributed by atoms with Crippen LogP contribution in [0.25, 0.3) is 11.3 Å². The molecule has 1 heterocycles. The summed E-state index contributed by atoms with van der Waals surface area (Å²) in [7, 11) is 0. The molecule has 0 spiro atoms. The molecule has 0 aliphatic heterocycles. The standard InChI is InChI=1S/C18H24N2O2/c1-5-22-15-8-6-14(7-9-15)17-10-13(4)16(11-19)18(21)20(17)12(2)3/h6-10,12H,5,11,19H2,1-4H3. The van der Waals surface area contributed by atoms with Crippen LogP contribution in [0.3, 0.4) is 0 Å². The molecule has 0 unspecified atom stereocenters. The summed E-state index contributed by atoms with van der Waals surface area (Å²) < 4.78 is 7.28. The highest BCUT2D eigenvalue weighted by atomic mass is 16.5. The van der Waals surface area contributed by atoms with Crippen molar-refractivity contribution in [2.75, 3.05) is 6.61 Å². The molecule has 2 rings (SSSR count). The Kier molecular flexibility index (Phi) is 5.03. The van der Waals surface area contributed by atoms with E-state index in [1.807, 2.05) is 62.6 Å². The zero-order valence-electron chi connectivity index (χ0n) is 13.7. The quantitative estimate of drug-likeness (QED) is 0.922. The largest absolute Gasteiger partial charge is 0.494 e. The van der Waals surface area contributed by atoms with Crippen molar-refractivity contribution in [2.45, 2.75) is 40.3 Å². The van der Waals surface area contributed by atoms with Crippen molar-refractivity contribution in [1.29, 1.82) is 0 Å². The smallest absolute Gasteiger partial charge is 0.256 e. The monoisotopic (exact) mass is 300 g/mol. The molecule has 0 saturated carbocycles. The van der Waals surface area contributed by atoms with Crippen molar-refractivity contribution in [3.63, 3.8) is 0 Å². The zero-order valence-corrected chi connectivity index (χ0v) is 13.7. The molecular weight excluding hydrogens is 276 g/mol. The number of nitrogens with zero attached hydrogens (tertiary/aromatic N) is 1. The Hall–Kier alpha value is -2.07. The molecule has 0 aliphatic carbocycles. The third-order valence-corrected chi connectivity index (χ3v) is 3.75. The van der Waals surface area contributed by atoms with Crippen LogP contribution in [0.1, 0.15) is 37.9 Å². The maximum absolute atomic E-state index is 12.7. The van der Waals surface area contributed by atoms with Crippen LogP contribution < -0.4 is 16.0 Å². The first-order valence-electron chi connectivity index (χ1n) is 7.67. The van der Waals surface area contributed by atoms with Gasteiger partial charge >= 0.3 is 0 Å². The van der Waals surface area contributed by atoms with Gasteiger partial charge in [0, 0.05) is 18.2 Å². The van der Waals surface area contributed by atoms with Crippen LogP contribution in [-0.2, 0) is 6.54 Å². The minimum absolute atomic E-state index is 0.00128. The first kappa shape index (κ1) is 16.3. The van der Waals surface area contributed by atoms with E-state index in [-0.39, 0.29) is 18.1 Å². The van der Waals surface area contributed by atoms with Gasteiger partial charge in [0.15, 0.2) is 0 Å². The summed E-state index contributed by atoms with van der Waals surface area (Å²) in [6.45, 7) is 8.82. The maximum Gasteiger partial charge on any atom is 0.256 e. The first-order chi connectivity index (χ1) is 10.5. The van der Waals surface area contributed by atoms with Gasteiger partial charge < -0.3 is 15.0 Å². The van der Waals surface area contributed by atoms with Crippen molar-refractivity contribution in [3.8, 4) is 17.0 Å². The van der Waals surface area contributed by atoms with Gasteiger partial charge in [-0.15, -0.1) is 0 Å². The van der Waals surface area contributed by atoms with Crippen LogP contribution in [-0.4, -0.2) is 11.2 Å². The molecule has 4 heteroatoms. The van der Waals surface area contributed by atoms with Crippen LogP contribution in [0.15, 0.2) is 35.1 Å². The molecule has 0 fully saturated rings. The SMILES string of the molecule is CCOc1ccc(-c2cc(C)c(CN)c(=O)n2C(C)C)cc1. The van der Waals surface area contributed by atoms with Crippen molar-refractivity contribution >= 4 is 0 Å².